The largest absolute Gasteiger partial charge is 0.493 e. The number of methoxy groups -OCH3 is 2. The van der Waals surface area contributed by atoms with E-state index in [1.807, 2.05) is 66.8 Å². The molecule has 0 fully saturated rings. The number of benzene rings is 3. The van der Waals surface area contributed by atoms with Crippen molar-refractivity contribution in [3.63, 3.8) is 0 Å². The van der Waals surface area contributed by atoms with Crippen LogP contribution in [0.5, 0.6) is 11.5 Å². The predicted octanol–water partition coefficient (Wildman–Crippen LogP) is 5.70. The van der Waals surface area contributed by atoms with Crippen LogP contribution in [0.15, 0.2) is 71.2 Å². The van der Waals surface area contributed by atoms with E-state index in [1.54, 1.807) is 14.2 Å². The number of nitrogens with zero attached hydrogens (tertiary/aromatic N) is 1. The summed E-state index contributed by atoms with van der Waals surface area (Å²) in [5, 5.41) is 2.24. The van der Waals surface area contributed by atoms with Crippen LogP contribution in [0, 0.1) is 0 Å². The normalized spacial score (nSPS) is 11.8. The van der Waals surface area contributed by atoms with Crippen molar-refractivity contribution in [3.05, 3.63) is 78.2 Å². The van der Waals surface area contributed by atoms with Crippen molar-refractivity contribution in [2.24, 2.45) is 0 Å². The molecule has 0 bridgehead atoms. The first-order valence-electron chi connectivity index (χ1n) is 9.21. The molecular weight excluding hydrogens is 366 g/mol. The number of ether oxygens (including phenoxy) is 3. The molecule has 0 saturated carbocycles. The van der Waals surface area contributed by atoms with Gasteiger partial charge in [-0.3, -0.25) is 0 Å². The quantitative estimate of drug-likeness (QED) is 0.301. The second-order valence-corrected chi connectivity index (χ2v) is 6.36. The summed E-state index contributed by atoms with van der Waals surface area (Å²) in [7, 11) is 3.19. The Morgan fingerprint density at radius 1 is 0.931 bits per heavy atom. The first kappa shape index (κ1) is 18.8. The average molecular weight is 387 g/mol. The summed E-state index contributed by atoms with van der Waals surface area (Å²) in [5.41, 5.74) is 2.65. The topological polar surface area (TPSA) is 53.7 Å². The molecule has 1 aromatic heterocycles. The highest BCUT2D eigenvalue weighted by atomic mass is 16.7. The fourth-order valence-electron chi connectivity index (χ4n) is 3.08. The monoisotopic (exact) mass is 387 g/mol. The van der Waals surface area contributed by atoms with E-state index in [0.717, 1.165) is 27.4 Å². The van der Waals surface area contributed by atoms with Crippen molar-refractivity contribution in [3.8, 4) is 11.5 Å². The molecule has 0 aliphatic carbocycles. The van der Waals surface area contributed by atoms with E-state index < -0.39 is 0 Å². The Morgan fingerprint density at radius 2 is 1.79 bits per heavy atom. The second kappa shape index (κ2) is 8.63. The van der Waals surface area contributed by atoms with Gasteiger partial charge in [0.25, 0.3) is 0 Å². The summed E-state index contributed by atoms with van der Waals surface area (Å²) in [6.45, 7) is 0.175. The Labute approximate surface area is 168 Å². The lowest BCUT2D eigenvalue weighted by molar-refractivity contribution is 0.0491. The summed E-state index contributed by atoms with van der Waals surface area (Å²) in [6.07, 6.45) is 7.64. The standard InChI is InChI=1S/C24H21NO4/c1-26-16-28-20-13-11-17(15-22(20)27-2)7-3-6-10-23-25-24-19-9-5-4-8-18(19)12-14-21(24)29-23/h3-15H,16H2,1-2H3/b7-3+,10-6+. The molecule has 5 heteroatoms. The molecule has 0 saturated heterocycles. The number of aromatic nitrogens is 1. The third-order valence-electron chi connectivity index (χ3n) is 4.46. The molecule has 1 heterocycles. The second-order valence-electron chi connectivity index (χ2n) is 6.36. The number of oxazole rings is 1. The fourth-order valence-corrected chi connectivity index (χ4v) is 3.08. The Kier molecular flexibility index (Phi) is 5.59. The number of fused-ring (bicyclic) bond motifs is 3. The van der Waals surface area contributed by atoms with Crippen LogP contribution in [0.2, 0.25) is 0 Å². The summed E-state index contributed by atoms with van der Waals surface area (Å²) in [5.74, 6) is 1.86. The molecule has 4 aromatic rings. The minimum absolute atomic E-state index is 0.175. The molecule has 5 nitrogen and oxygen atoms in total. The van der Waals surface area contributed by atoms with Gasteiger partial charge >= 0.3 is 0 Å². The van der Waals surface area contributed by atoms with Crippen molar-refractivity contribution in [1.82, 2.24) is 4.98 Å². The van der Waals surface area contributed by atoms with Crippen molar-refractivity contribution in [2.75, 3.05) is 21.0 Å². The highest BCUT2D eigenvalue weighted by Crippen LogP contribution is 2.29. The lowest BCUT2D eigenvalue weighted by Gasteiger charge is -2.10. The maximum Gasteiger partial charge on any atom is 0.220 e. The van der Waals surface area contributed by atoms with Crippen LogP contribution in [0.1, 0.15) is 11.5 Å². The smallest absolute Gasteiger partial charge is 0.220 e. The van der Waals surface area contributed by atoms with E-state index in [1.165, 1.54) is 0 Å². The van der Waals surface area contributed by atoms with Gasteiger partial charge in [0.1, 0.15) is 5.52 Å². The third kappa shape index (κ3) is 4.15. The van der Waals surface area contributed by atoms with Gasteiger partial charge in [-0.05, 0) is 29.1 Å². The summed E-state index contributed by atoms with van der Waals surface area (Å²) < 4.78 is 21.6. The number of hydrogen-bond donors (Lipinski definition) is 0. The predicted molar refractivity (Wildman–Crippen MR) is 115 cm³/mol. The van der Waals surface area contributed by atoms with Gasteiger partial charge < -0.3 is 18.6 Å². The van der Waals surface area contributed by atoms with Crippen LogP contribution in [-0.2, 0) is 4.74 Å². The van der Waals surface area contributed by atoms with Crippen LogP contribution in [0.25, 0.3) is 34.0 Å². The molecule has 4 rings (SSSR count). The summed E-state index contributed by atoms with van der Waals surface area (Å²) >= 11 is 0. The van der Waals surface area contributed by atoms with E-state index in [-0.39, 0.29) is 6.79 Å². The van der Waals surface area contributed by atoms with Gasteiger partial charge in [-0.2, -0.15) is 0 Å². The molecule has 0 atom stereocenters. The Hall–Kier alpha value is -3.57. The van der Waals surface area contributed by atoms with Crippen molar-refractivity contribution in [2.45, 2.75) is 0 Å². The Morgan fingerprint density at radius 3 is 2.66 bits per heavy atom. The van der Waals surface area contributed by atoms with E-state index >= 15 is 0 Å². The molecule has 0 radical (unpaired) electrons. The van der Waals surface area contributed by atoms with Crippen LogP contribution < -0.4 is 9.47 Å². The molecule has 3 aromatic carbocycles. The summed E-state index contributed by atoms with van der Waals surface area (Å²) in [4.78, 5) is 4.62. The van der Waals surface area contributed by atoms with E-state index in [2.05, 4.69) is 17.1 Å². The minimum atomic E-state index is 0.175. The molecule has 0 aliphatic rings. The van der Waals surface area contributed by atoms with Gasteiger partial charge in [-0.15, -0.1) is 0 Å². The molecule has 0 N–H and O–H groups in total. The van der Waals surface area contributed by atoms with E-state index in [0.29, 0.717) is 17.4 Å². The highest BCUT2D eigenvalue weighted by Gasteiger charge is 2.07. The lowest BCUT2D eigenvalue weighted by Crippen LogP contribution is -2.00. The Balaban J connectivity index is 1.51. The van der Waals surface area contributed by atoms with Crippen LogP contribution >= 0.6 is 0 Å². The van der Waals surface area contributed by atoms with E-state index in [4.69, 9.17) is 18.6 Å². The van der Waals surface area contributed by atoms with Gasteiger partial charge in [-0.1, -0.05) is 54.6 Å². The van der Waals surface area contributed by atoms with Gasteiger partial charge in [0.15, 0.2) is 23.9 Å². The van der Waals surface area contributed by atoms with Crippen molar-refractivity contribution >= 4 is 34.0 Å². The SMILES string of the molecule is COCOc1ccc(/C=C/C=C/c2nc3c(ccc4ccccc43)o2)cc1OC. The van der Waals surface area contributed by atoms with Gasteiger partial charge in [0.2, 0.25) is 5.89 Å². The van der Waals surface area contributed by atoms with E-state index in [9.17, 15) is 0 Å². The minimum Gasteiger partial charge on any atom is -0.493 e. The van der Waals surface area contributed by atoms with Gasteiger partial charge in [0.05, 0.1) is 7.11 Å². The molecule has 146 valence electrons. The average Bonchev–Trinajstić information content (AvgIpc) is 3.19. The Bertz CT molecular complexity index is 1190. The zero-order chi connectivity index (χ0) is 20.1. The first-order chi connectivity index (χ1) is 14.3. The number of rotatable bonds is 7. The van der Waals surface area contributed by atoms with Crippen LogP contribution in [-0.4, -0.2) is 26.0 Å². The lowest BCUT2D eigenvalue weighted by atomic mass is 10.1. The third-order valence-corrected chi connectivity index (χ3v) is 4.46. The maximum atomic E-state index is 5.84. The van der Waals surface area contributed by atoms with Gasteiger partial charge in [0, 0.05) is 18.6 Å². The zero-order valence-corrected chi connectivity index (χ0v) is 16.3. The molecule has 0 aliphatic heterocycles. The molecular formula is C24H21NO4. The molecule has 0 unspecified atom stereocenters. The first-order valence-corrected chi connectivity index (χ1v) is 9.21. The number of allylic oxidation sites excluding steroid dienone is 2. The van der Waals surface area contributed by atoms with Gasteiger partial charge in [-0.25, -0.2) is 4.98 Å². The zero-order valence-electron chi connectivity index (χ0n) is 16.3. The maximum absolute atomic E-state index is 5.84. The highest BCUT2D eigenvalue weighted by molar-refractivity contribution is 6.03. The molecule has 29 heavy (non-hydrogen) atoms. The van der Waals surface area contributed by atoms with Crippen molar-refractivity contribution < 1.29 is 18.6 Å². The molecule has 0 spiro atoms. The summed E-state index contributed by atoms with van der Waals surface area (Å²) in [6, 6.07) is 17.9. The fraction of sp³-hybridized carbons (Fsp3) is 0.125. The van der Waals surface area contributed by atoms with Crippen LogP contribution in [0.3, 0.4) is 0 Å². The van der Waals surface area contributed by atoms with Crippen LogP contribution in [0.4, 0.5) is 0 Å². The van der Waals surface area contributed by atoms with Crippen molar-refractivity contribution in [1.29, 1.82) is 0 Å². The number of hydrogen-bond acceptors (Lipinski definition) is 5. The molecule has 0 amide bonds.